The van der Waals surface area contributed by atoms with Gasteiger partial charge in [-0.3, -0.25) is 4.57 Å². The molecule has 1 aliphatic rings. The Balaban J connectivity index is 2.22. The molecule has 1 aromatic carbocycles. The monoisotopic (exact) mass is 351 g/mol. The van der Waals surface area contributed by atoms with E-state index in [0.717, 1.165) is 12.8 Å². The van der Waals surface area contributed by atoms with Gasteiger partial charge < -0.3 is 0 Å². The Morgan fingerprint density at radius 3 is 2.45 bits per heavy atom. The molecule has 1 aliphatic carbocycles. The first kappa shape index (κ1) is 14.1. The summed E-state index contributed by atoms with van der Waals surface area (Å²) in [5.41, 5.74) is 0.571. The highest BCUT2D eigenvalue weighted by Gasteiger charge is 2.34. The topological polar surface area (TPSA) is 64.8 Å². The van der Waals surface area contributed by atoms with Crippen LogP contribution in [-0.2, 0) is 9.05 Å². The Morgan fingerprint density at radius 1 is 1.20 bits per heavy atom. The van der Waals surface area contributed by atoms with Gasteiger partial charge in [0.05, 0.1) is 5.02 Å². The molecule has 9 heteroatoms. The Hall–Kier alpha value is -0.820. The fraction of sp³-hybridized carbons (Fsp3) is 0.273. The van der Waals surface area contributed by atoms with Gasteiger partial charge in [0.1, 0.15) is 0 Å². The average molecular weight is 353 g/mol. The van der Waals surface area contributed by atoms with Crippen LogP contribution in [0.2, 0.25) is 10.0 Å². The lowest BCUT2D eigenvalue weighted by molar-refractivity contribution is 0.579. The van der Waals surface area contributed by atoms with Gasteiger partial charge in [0.25, 0.3) is 14.2 Å². The lowest BCUT2D eigenvalue weighted by atomic mass is 10.2. The number of halogens is 3. The lowest BCUT2D eigenvalue weighted by Crippen LogP contribution is -2.06. The van der Waals surface area contributed by atoms with Crippen molar-refractivity contribution in [2.45, 2.75) is 24.0 Å². The van der Waals surface area contributed by atoms with E-state index >= 15 is 0 Å². The predicted molar refractivity (Wildman–Crippen MR) is 76.8 cm³/mol. The Labute approximate surface area is 129 Å². The zero-order valence-electron chi connectivity index (χ0n) is 9.92. The molecule has 0 bridgehead atoms. The zero-order chi connectivity index (χ0) is 14.5. The normalized spacial score (nSPS) is 15.6. The van der Waals surface area contributed by atoms with Gasteiger partial charge in [-0.25, -0.2) is 8.42 Å². The van der Waals surface area contributed by atoms with Crippen molar-refractivity contribution in [3.8, 4) is 11.4 Å². The van der Waals surface area contributed by atoms with Crippen molar-refractivity contribution in [2.75, 3.05) is 0 Å². The first-order valence-corrected chi connectivity index (χ1v) is 8.79. The van der Waals surface area contributed by atoms with Crippen molar-refractivity contribution in [2.24, 2.45) is 0 Å². The standard InChI is InChI=1S/C11H8Cl3N3O2S/c12-6-1-4-8(9(13)5-6)10-15-16-11(20(14,18)19)17(10)7-2-3-7/h1,4-5,7H,2-3H2. The molecule has 106 valence electrons. The fourth-order valence-corrected chi connectivity index (χ4v) is 3.38. The average Bonchev–Trinajstić information content (AvgIpc) is 3.07. The van der Waals surface area contributed by atoms with Crippen molar-refractivity contribution in [3.05, 3.63) is 28.2 Å². The van der Waals surface area contributed by atoms with Crippen molar-refractivity contribution < 1.29 is 8.42 Å². The second-order valence-electron chi connectivity index (χ2n) is 4.47. The Morgan fingerprint density at radius 2 is 1.90 bits per heavy atom. The van der Waals surface area contributed by atoms with Gasteiger partial charge in [0.2, 0.25) is 0 Å². The van der Waals surface area contributed by atoms with Crippen LogP contribution in [0.3, 0.4) is 0 Å². The Kier molecular flexibility index (Phi) is 3.44. The van der Waals surface area contributed by atoms with Gasteiger partial charge >= 0.3 is 0 Å². The molecule has 1 saturated carbocycles. The predicted octanol–water partition coefficient (Wildman–Crippen LogP) is 3.51. The van der Waals surface area contributed by atoms with Crippen LogP contribution in [0.25, 0.3) is 11.4 Å². The molecule has 0 amide bonds. The molecule has 0 atom stereocenters. The third-order valence-electron chi connectivity index (χ3n) is 2.97. The molecular weight excluding hydrogens is 345 g/mol. The van der Waals surface area contributed by atoms with Crippen LogP contribution < -0.4 is 0 Å². The molecule has 5 nitrogen and oxygen atoms in total. The van der Waals surface area contributed by atoms with E-state index < -0.39 is 9.05 Å². The summed E-state index contributed by atoms with van der Waals surface area (Å²) >= 11 is 12.0. The second kappa shape index (κ2) is 4.87. The minimum absolute atomic E-state index is 0.0373. The van der Waals surface area contributed by atoms with Crippen LogP contribution in [0, 0.1) is 0 Å². The van der Waals surface area contributed by atoms with Crippen molar-refractivity contribution >= 4 is 42.9 Å². The first-order chi connectivity index (χ1) is 9.38. The highest BCUT2D eigenvalue weighted by molar-refractivity contribution is 8.13. The molecule has 1 aromatic heterocycles. The summed E-state index contributed by atoms with van der Waals surface area (Å²) in [5.74, 6) is 0.383. The van der Waals surface area contributed by atoms with Gasteiger partial charge in [0, 0.05) is 27.3 Å². The second-order valence-corrected chi connectivity index (χ2v) is 7.77. The quantitative estimate of drug-likeness (QED) is 0.793. The van der Waals surface area contributed by atoms with Gasteiger partial charge in [-0.1, -0.05) is 23.2 Å². The molecule has 0 spiro atoms. The van der Waals surface area contributed by atoms with E-state index in [1.54, 1.807) is 18.2 Å². The maximum Gasteiger partial charge on any atom is 0.296 e. The fourth-order valence-electron chi connectivity index (χ4n) is 1.96. The highest BCUT2D eigenvalue weighted by atomic mass is 35.7. The molecule has 3 rings (SSSR count). The van der Waals surface area contributed by atoms with E-state index in [-0.39, 0.29) is 11.2 Å². The van der Waals surface area contributed by atoms with Gasteiger partial charge in [-0.15, -0.1) is 10.2 Å². The molecule has 20 heavy (non-hydrogen) atoms. The molecule has 1 fully saturated rings. The van der Waals surface area contributed by atoms with Crippen LogP contribution in [0.4, 0.5) is 0 Å². The molecular formula is C11H8Cl3N3O2S. The minimum atomic E-state index is -3.95. The van der Waals surface area contributed by atoms with Crippen LogP contribution in [0.1, 0.15) is 18.9 Å². The molecule has 0 saturated heterocycles. The number of benzene rings is 1. The van der Waals surface area contributed by atoms with E-state index in [9.17, 15) is 8.42 Å². The summed E-state index contributed by atoms with van der Waals surface area (Å²) in [6.45, 7) is 0. The zero-order valence-corrected chi connectivity index (χ0v) is 13.0. The van der Waals surface area contributed by atoms with Crippen molar-refractivity contribution in [1.29, 1.82) is 0 Å². The summed E-state index contributed by atoms with van der Waals surface area (Å²) in [6.07, 6.45) is 1.71. The van der Waals surface area contributed by atoms with E-state index in [0.29, 0.717) is 21.4 Å². The summed E-state index contributed by atoms with van der Waals surface area (Å²) in [4.78, 5) is 0. The lowest BCUT2D eigenvalue weighted by Gasteiger charge is -2.08. The molecule has 0 radical (unpaired) electrons. The molecule has 1 heterocycles. The van der Waals surface area contributed by atoms with E-state index in [1.807, 2.05) is 0 Å². The first-order valence-electron chi connectivity index (χ1n) is 5.73. The third-order valence-corrected chi connectivity index (χ3v) is 4.64. The van der Waals surface area contributed by atoms with Crippen LogP contribution in [0.5, 0.6) is 0 Å². The molecule has 0 N–H and O–H groups in total. The number of hydrogen-bond donors (Lipinski definition) is 0. The number of rotatable bonds is 3. The van der Waals surface area contributed by atoms with Gasteiger partial charge in [-0.05, 0) is 31.0 Å². The maximum atomic E-state index is 11.6. The highest BCUT2D eigenvalue weighted by Crippen LogP contribution is 2.41. The summed E-state index contributed by atoms with van der Waals surface area (Å²) in [7, 11) is 1.44. The Bertz CT molecular complexity index is 784. The van der Waals surface area contributed by atoms with Crippen LogP contribution in [0.15, 0.2) is 23.4 Å². The van der Waals surface area contributed by atoms with Crippen LogP contribution >= 0.6 is 33.9 Å². The smallest absolute Gasteiger partial charge is 0.294 e. The molecule has 0 aliphatic heterocycles. The maximum absolute atomic E-state index is 11.6. The van der Waals surface area contributed by atoms with Gasteiger partial charge in [-0.2, -0.15) is 0 Å². The number of nitrogens with zero attached hydrogens (tertiary/aromatic N) is 3. The summed E-state index contributed by atoms with van der Waals surface area (Å²) in [6, 6.07) is 4.94. The SMILES string of the molecule is O=S(=O)(Cl)c1nnc(-c2ccc(Cl)cc2Cl)n1C1CC1. The van der Waals surface area contributed by atoms with Crippen molar-refractivity contribution in [1.82, 2.24) is 14.8 Å². The van der Waals surface area contributed by atoms with Crippen molar-refractivity contribution in [3.63, 3.8) is 0 Å². The van der Waals surface area contributed by atoms with E-state index in [2.05, 4.69) is 10.2 Å². The summed E-state index contributed by atoms with van der Waals surface area (Å²) < 4.78 is 24.6. The van der Waals surface area contributed by atoms with E-state index in [4.69, 9.17) is 33.9 Å². The van der Waals surface area contributed by atoms with E-state index in [1.165, 1.54) is 4.57 Å². The number of aromatic nitrogens is 3. The van der Waals surface area contributed by atoms with Crippen LogP contribution in [-0.4, -0.2) is 23.2 Å². The summed E-state index contributed by atoms with van der Waals surface area (Å²) in [5, 5.41) is 8.24. The molecule has 0 unspecified atom stereocenters. The minimum Gasteiger partial charge on any atom is -0.294 e. The number of hydrogen-bond acceptors (Lipinski definition) is 4. The largest absolute Gasteiger partial charge is 0.296 e. The molecule has 2 aromatic rings. The van der Waals surface area contributed by atoms with Gasteiger partial charge in [0.15, 0.2) is 5.82 Å². The third kappa shape index (κ3) is 2.53.